The van der Waals surface area contributed by atoms with Gasteiger partial charge in [-0.15, -0.1) is 0 Å². The first-order valence-corrected chi connectivity index (χ1v) is 5.00. The first kappa shape index (κ1) is 12.3. The highest BCUT2D eigenvalue weighted by atomic mass is 32.2. The summed E-state index contributed by atoms with van der Waals surface area (Å²) in [6.45, 7) is 3.86. The minimum absolute atomic E-state index is 0.327. The molecule has 13 heavy (non-hydrogen) atoms. The molecule has 0 radical (unpaired) electrons. The molecule has 0 heterocycles. The number of carboxylic acids is 2. The highest BCUT2D eigenvalue weighted by Gasteiger charge is 2.11. The van der Waals surface area contributed by atoms with E-state index < -0.39 is 23.6 Å². The maximum Gasteiger partial charge on any atom is 0.0548 e. The van der Waals surface area contributed by atoms with Gasteiger partial charge < -0.3 is 19.8 Å². The first-order chi connectivity index (χ1) is 5.93. The summed E-state index contributed by atoms with van der Waals surface area (Å²) < 4.78 is 0. The Morgan fingerprint density at radius 1 is 1.31 bits per heavy atom. The van der Waals surface area contributed by atoms with E-state index in [1.54, 1.807) is 0 Å². The second kappa shape index (κ2) is 5.85. The predicted molar refractivity (Wildman–Crippen MR) is 45.7 cm³/mol. The lowest BCUT2D eigenvalue weighted by molar-refractivity contribution is -0.314. The molecular formula is C8H12O4S-2. The van der Waals surface area contributed by atoms with Crippen LogP contribution in [-0.4, -0.2) is 22.9 Å². The lowest BCUT2D eigenvalue weighted by Crippen LogP contribution is -2.38. The Balaban J connectivity index is 3.95. The molecule has 0 aliphatic carbocycles. The van der Waals surface area contributed by atoms with E-state index in [0.717, 1.165) is 11.8 Å². The minimum Gasteiger partial charge on any atom is -0.550 e. The molecule has 76 valence electrons. The van der Waals surface area contributed by atoms with E-state index in [1.165, 1.54) is 0 Å². The van der Waals surface area contributed by atoms with Crippen LogP contribution in [0.5, 0.6) is 0 Å². The van der Waals surface area contributed by atoms with Crippen molar-refractivity contribution in [2.24, 2.45) is 5.92 Å². The molecule has 0 aromatic rings. The molecule has 1 atom stereocenters. The zero-order valence-corrected chi connectivity index (χ0v) is 8.43. The quantitative estimate of drug-likeness (QED) is 0.533. The van der Waals surface area contributed by atoms with Crippen molar-refractivity contribution in [3.05, 3.63) is 0 Å². The molecule has 0 saturated carbocycles. The van der Waals surface area contributed by atoms with E-state index in [2.05, 4.69) is 0 Å². The Hall–Kier alpha value is -0.710. The molecule has 0 saturated heterocycles. The molecule has 0 aliphatic heterocycles. The van der Waals surface area contributed by atoms with Crippen molar-refractivity contribution in [3.63, 3.8) is 0 Å². The van der Waals surface area contributed by atoms with Crippen LogP contribution in [0.1, 0.15) is 20.3 Å². The molecule has 0 unspecified atom stereocenters. The topological polar surface area (TPSA) is 80.3 Å². The molecule has 5 heteroatoms. The van der Waals surface area contributed by atoms with E-state index in [1.807, 2.05) is 13.8 Å². The number of hydrogen-bond donors (Lipinski definition) is 0. The maximum atomic E-state index is 10.4. The average molecular weight is 204 g/mol. The van der Waals surface area contributed by atoms with E-state index in [-0.39, 0.29) is 0 Å². The molecule has 0 fully saturated rings. The largest absolute Gasteiger partial charge is 0.550 e. The van der Waals surface area contributed by atoms with E-state index in [4.69, 9.17) is 0 Å². The van der Waals surface area contributed by atoms with Gasteiger partial charge in [0.25, 0.3) is 0 Å². The second-order valence-electron chi connectivity index (χ2n) is 3.11. The summed E-state index contributed by atoms with van der Waals surface area (Å²) in [5.74, 6) is -1.76. The maximum absolute atomic E-state index is 10.4. The normalized spacial score (nSPS) is 12.8. The molecule has 0 bridgehead atoms. The fourth-order valence-electron chi connectivity index (χ4n) is 0.670. The smallest absolute Gasteiger partial charge is 0.0548 e. The number of hydrogen-bond acceptors (Lipinski definition) is 5. The lowest BCUT2D eigenvalue weighted by atomic mass is 10.3. The fourth-order valence-corrected chi connectivity index (χ4v) is 1.68. The van der Waals surface area contributed by atoms with Gasteiger partial charge in [0, 0.05) is 17.6 Å². The summed E-state index contributed by atoms with van der Waals surface area (Å²) in [5, 5.41) is 19.6. The van der Waals surface area contributed by atoms with Crippen LogP contribution in [0, 0.1) is 5.92 Å². The average Bonchev–Trinajstić information content (AvgIpc) is 1.96. The number of carbonyl (C=O) groups is 2. The second-order valence-corrected chi connectivity index (χ2v) is 4.35. The van der Waals surface area contributed by atoms with Gasteiger partial charge in [0.15, 0.2) is 0 Å². The van der Waals surface area contributed by atoms with Gasteiger partial charge in [-0.1, -0.05) is 13.8 Å². The van der Waals surface area contributed by atoms with Crippen LogP contribution in [0.4, 0.5) is 0 Å². The van der Waals surface area contributed by atoms with Gasteiger partial charge in [-0.25, -0.2) is 0 Å². The van der Waals surface area contributed by atoms with Crippen LogP contribution < -0.4 is 10.2 Å². The molecule has 0 N–H and O–H groups in total. The first-order valence-electron chi connectivity index (χ1n) is 3.95. The van der Waals surface area contributed by atoms with Gasteiger partial charge in [-0.2, -0.15) is 11.8 Å². The van der Waals surface area contributed by atoms with Crippen LogP contribution in [0.3, 0.4) is 0 Å². The van der Waals surface area contributed by atoms with Crippen LogP contribution >= 0.6 is 11.8 Å². The van der Waals surface area contributed by atoms with Crippen LogP contribution in [0.15, 0.2) is 0 Å². The standard InChI is InChI=1S/C8H14O4S/c1-5(2)4-13-6(8(11)12)3-7(9)10/h5-6H,3-4H2,1-2H3,(H,9,10)(H,11,12)/p-2/t6-/m1/s1. The minimum atomic E-state index is -1.36. The van der Waals surface area contributed by atoms with Crippen molar-refractivity contribution in [1.29, 1.82) is 0 Å². The summed E-state index contributed by atoms with van der Waals surface area (Å²) in [7, 11) is 0. The third kappa shape index (κ3) is 6.45. The van der Waals surface area contributed by atoms with Gasteiger partial charge in [-0.3, -0.25) is 0 Å². The summed E-state index contributed by atoms with van der Waals surface area (Å²) >= 11 is 1.08. The Morgan fingerprint density at radius 2 is 1.85 bits per heavy atom. The number of rotatable bonds is 6. The molecule has 0 aromatic carbocycles. The number of carboxylic acid groups (broad SMARTS) is 2. The molecule has 0 spiro atoms. The Kier molecular flexibility index (Phi) is 5.53. The third-order valence-electron chi connectivity index (χ3n) is 1.25. The summed E-state index contributed by atoms with van der Waals surface area (Å²) in [5.41, 5.74) is 0. The van der Waals surface area contributed by atoms with Gasteiger partial charge in [0.1, 0.15) is 0 Å². The van der Waals surface area contributed by atoms with Crippen molar-refractivity contribution >= 4 is 23.7 Å². The van der Waals surface area contributed by atoms with Crippen molar-refractivity contribution in [3.8, 4) is 0 Å². The monoisotopic (exact) mass is 204 g/mol. The SMILES string of the molecule is CC(C)CS[C@H](CC(=O)[O-])C(=O)[O-]. The Bertz CT molecular complexity index is 191. The Labute approximate surface area is 81.3 Å². The summed E-state index contributed by atoms with van der Waals surface area (Å²) in [6.07, 6.45) is -0.486. The highest BCUT2D eigenvalue weighted by Crippen LogP contribution is 2.17. The van der Waals surface area contributed by atoms with E-state index in [9.17, 15) is 19.8 Å². The van der Waals surface area contributed by atoms with E-state index >= 15 is 0 Å². The van der Waals surface area contributed by atoms with E-state index in [0.29, 0.717) is 11.7 Å². The number of carbonyl (C=O) groups excluding carboxylic acids is 2. The Morgan fingerprint density at radius 3 is 2.15 bits per heavy atom. The summed E-state index contributed by atoms with van der Waals surface area (Å²) in [6, 6.07) is 0. The highest BCUT2D eigenvalue weighted by molar-refractivity contribution is 8.00. The van der Waals surface area contributed by atoms with Gasteiger partial charge in [0.05, 0.1) is 5.97 Å². The van der Waals surface area contributed by atoms with Crippen molar-refractivity contribution in [2.75, 3.05) is 5.75 Å². The van der Waals surface area contributed by atoms with Gasteiger partial charge >= 0.3 is 0 Å². The molecular weight excluding hydrogens is 192 g/mol. The molecule has 0 amide bonds. The fraction of sp³-hybridized carbons (Fsp3) is 0.750. The third-order valence-corrected chi connectivity index (χ3v) is 2.87. The zero-order valence-electron chi connectivity index (χ0n) is 7.61. The lowest BCUT2D eigenvalue weighted by Gasteiger charge is -2.18. The zero-order chi connectivity index (χ0) is 10.4. The van der Waals surface area contributed by atoms with Crippen molar-refractivity contribution in [1.82, 2.24) is 0 Å². The van der Waals surface area contributed by atoms with Crippen molar-refractivity contribution in [2.45, 2.75) is 25.5 Å². The van der Waals surface area contributed by atoms with Crippen LogP contribution in [-0.2, 0) is 9.59 Å². The molecule has 0 aromatic heterocycles. The number of aliphatic carboxylic acids is 2. The van der Waals surface area contributed by atoms with Crippen LogP contribution in [0.2, 0.25) is 0 Å². The molecule has 0 aliphatic rings. The molecule has 4 nitrogen and oxygen atoms in total. The summed E-state index contributed by atoms with van der Waals surface area (Å²) in [4.78, 5) is 20.6. The predicted octanol–water partition coefficient (Wildman–Crippen LogP) is -1.37. The van der Waals surface area contributed by atoms with Crippen molar-refractivity contribution < 1.29 is 19.8 Å². The van der Waals surface area contributed by atoms with Crippen LogP contribution in [0.25, 0.3) is 0 Å². The van der Waals surface area contributed by atoms with Gasteiger partial charge in [-0.05, 0) is 11.7 Å². The molecule has 0 rings (SSSR count). The number of thioether (sulfide) groups is 1. The van der Waals surface area contributed by atoms with Gasteiger partial charge in [0.2, 0.25) is 0 Å².